The summed E-state index contributed by atoms with van der Waals surface area (Å²) in [6.45, 7) is 22.5. The lowest BCUT2D eigenvalue weighted by molar-refractivity contribution is -0.626. The van der Waals surface area contributed by atoms with E-state index in [2.05, 4.69) is 74.6 Å². The van der Waals surface area contributed by atoms with Crippen molar-refractivity contribution in [1.29, 1.82) is 0 Å². The second-order valence-corrected chi connectivity index (χ2v) is 17.4. The second kappa shape index (κ2) is 6.72. The summed E-state index contributed by atoms with van der Waals surface area (Å²) in [6.07, 6.45) is 0. The number of phenolic OH excluding ortho intramolecular Hbond substituents is 1. The smallest absolute Gasteiger partial charge is 0.265 e. The van der Waals surface area contributed by atoms with Gasteiger partial charge in [0.15, 0.2) is 5.60 Å². The molecule has 1 N–H and O–H groups in total. The molecule has 0 spiro atoms. The molecule has 2 aliphatic heterocycles. The Morgan fingerprint density at radius 1 is 0.938 bits per heavy atom. The molecular formula is C26H38O5Si. The minimum atomic E-state index is -2.16. The fourth-order valence-corrected chi connectivity index (χ4v) is 6.27. The number of fused-ring (bicyclic) bond motifs is 2. The Labute approximate surface area is 193 Å². The van der Waals surface area contributed by atoms with E-state index in [0.29, 0.717) is 6.61 Å². The van der Waals surface area contributed by atoms with Crippen LogP contribution in [0.3, 0.4) is 0 Å². The highest BCUT2D eigenvalue weighted by Crippen LogP contribution is 2.70. The Balaban J connectivity index is 1.99. The van der Waals surface area contributed by atoms with Gasteiger partial charge in [-0.25, -0.2) is 4.89 Å². The molecular weight excluding hydrogens is 420 g/mol. The van der Waals surface area contributed by atoms with Gasteiger partial charge in [0, 0.05) is 10.8 Å². The SMILES string of the molecule is CC(C)(C)C12OOC1(c1cc3cc(O)ccc3cc1O[Si](C)(C)C(C)(C)C)OCC2(C)C. The van der Waals surface area contributed by atoms with Crippen LogP contribution in [0.4, 0.5) is 0 Å². The standard InChI is InChI=1S/C26H38O5Si/c1-22(2,3)26-24(7,8)16-28-25(26,30-31-26)20-14-18-13-19(27)12-11-17(18)15-21(20)29-32(9,10)23(4,5)6/h11-15,27H,16H2,1-10H3. The van der Waals surface area contributed by atoms with Crippen molar-refractivity contribution < 1.29 is 24.0 Å². The van der Waals surface area contributed by atoms with Crippen LogP contribution in [0.2, 0.25) is 18.1 Å². The summed E-state index contributed by atoms with van der Waals surface area (Å²) >= 11 is 0. The van der Waals surface area contributed by atoms with E-state index in [1.54, 1.807) is 12.1 Å². The maximum Gasteiger partial charge on any atom is 0.265 e. The van der Waals surface area contributed by atoms with E-state index in [-0.39, 0.29) is 21.6 Å². The molecule has 2 fully saturated rings. The highest BCUT2D eigenvalue weighted by Gasteiger charge is 2.81. The molecule has 32 heavy (non-hydrogen) atoms. The van der Waals surface area contributed by atoms with Gasteiger partial charge in [-0.2, -0.15) is 4.89 Å². The van der Waals surface area contributed by atoms with E-state index in [9.17, 15) is 5.11 Å². The monoisotopic (exact) mass is 458 g/mol. The van der Waals surface area contributed by atoms with Crippen LogP contribution in [0.15, 0.2) is 30.3 Å². The van der Waals surface area contributed by atoms with Crippen LogP contribution in [0.25, 0.3) is 10.8 Å². The van der Waals surface area contributed by atoms with Crippen molar-refractivity contribution in [2.75, 3.05) is 6.61 Å². The van der Waals surface area contributed by atoms with Gasteiger partial charge in [-0.15, -0.1) is 0 Å². The van der Waals surface area contributed by atoms with Gasteiger partial charge in [-0.05, 0) is 53.2 Å². The van der Waals surface area contributed by atoms with Gasteiger partial charge in [-0.1, -0.05) is 61.5 Å². The van der Waals surface area contributed by atoms with Crippen molar-refractivity contribution in [3.8, 4) is 11.5 Å². The van der Waals surface area contributed by atoms with Crippen molar-refractivity contribution in [3.05, 3.63) is 35.9 Å². The number of ether oxygens (including phenoxy) is 1. The summed E-state index contributed by atoms with van der Waals surface area (Å²) < 4.78 is 13.4. The molecule has 2 aromatic rings. The third-order valence-corrected chi connectivity index (χ3v) is 12.2. The number of phenols is 1. The second-order valence-electron chi connectivity index (χ2n) is 12.6. The van der Waals surface area contributed by atoms with Crippen molar-refractivity contribution in [2.24, 2.45) is 10.8 Å². The number of benzene rings is 2. The van der Waals surface area contributed by atoms with Crippen LogP contribution >= 0.6 is 0 Å². The Bertz CT molecular complexity index is 1060. The predicted octanol–water partition coefficient (Wildman–Crippen LogP) is 6.89. The van der Waals surface area contributed by atoms with Crippen molar-refractivity contribution >= 4 is 19.1 Å². The van der Waals surface area contributed by atoms with Crippen LogP contribution in [-0.2, 0) is 20.3 Å². The van der Waals surface area contributed by atoms with Crippen molar-refractivity contribution in [1.82, 2.24) is 0 Å². The zero-order chi connectivity index (χ0) is 24.0. The first-order valence-electron chi connectivity index (χ1n) is 11.4. The lowest BCUT2D eigenvalue weighted by atomic mass is 9.57. The number of rotatable bonds is 3. The van der Waals surface area contributed by atoms with Gasteiger partial charge < -0.3 is 14.3 Å². The summed E-state index contributed by atoms with van der Waals surface area (Å²) in [5.41, 5.74) is -0.436. The zero-order valence-electron chi connectivity index (χ0n) is 21.2. The molecule has 0 radical (unpaired) electrons. The molecule has 6 heteroatoms. The molecule has 5 nitrogen and oxygen atoms in total. The van der Waals surface area contributed by atoms with E-state index < -0.39 is 19.7 Å². The van der Waals surface area contributed by atoms with Crippen LogP contribution in [-0.4, -0.2) is 25.6 Å². The minimum absolute atomic E-state index is 0.0275. The molecule has 0 saturated carbocycles. The topological polar surface area (TPSA) is 57.2 Å². The van der Waals surface area contributed by atoms with Crippen molar-refractivity contribution in [2.45, 2.75) is 84.9 Å². The van der Waals surface area contributed by atoms with E-state index in [0.717, 1.165) is 22.1 Å². The minimum Gasteiger partial charge on any atom is -0.543 e. The van der Waals surface area contributed by atoms with Crippen LogP contribution in [0.1, 0.15) is 61.0 Å². The van der Waals surface area contributed by atoms with E-state index in [1.807, 2.05) is 12.1 Å². The number of hydrogen-bond acceptors (Lipinski definition) is 5. The third-order valence-electron chi connectivity index (χ3n) is 7.84. The molecule has 0 aromatic heterocycles. The molecule has 0 aliphatic carbocycles. The summed E-state index contributed by atoms with van der Waals surface area (Å²) in [4.78, 5) is 12.0. The maximum atomic E-state index is 10.1. The third kappa shape index (κ3) is 2.99. The molecule has 2 aliphatic rings. The Hall–Kier alpha value is -1.60. The fraction of sp³-hybridized carbons (Fsp3) is 0.615. The summed E-state index contributed by atoms with van der Waals surface area (Å²) in [7, 11) is -2.16. The van der Waals surface area contributed by atoms with E-state index >= 15 is 0 Å². The Morgan fingerprint density at radius 2 is 1.59 bits per heavy atom. The molecule has 2 heterocycles. The zero-order valence-corrected chi connectivity index (χ0v) is 22.2. The first kappa shape index (κ1) is 23.6. The molecule has 2 atom stereocenters. The molecule has 2 saturated heterocycles. The van der Waals surface area contributed by atoms with Gasteiger partial charge in [0.25, 0.3) is 5.79 Å². The predicted molar refractivity (Wildman–Crippen MR) is 129 cm³/mol. The summed E-state index contributed by atoms with van der Waals surface area (Å²) in [6, 6.07) is 9.49. The van der Waals surface area contributed by atoms with E-state index in [4.69, 9.17) is 18.9 Å². The Morgan fingerprint density at radius 3 is 2.12 bits per heavy atom. The van der Waals surface area contributed by atoms with Gasteiger partial charge in [0.05, 0.1) is 12.2 Å². The largest absolute Gasteiger partial charge is 0.543 e. The Kier molecular flexibility index (Phi) is 4.95. The van der Waals surface area contributed by atoms with Crippen LogP contribution in [0.5, 0.6) is 11.5 Å². The van der Waals surface area contributed by atoms with Crippen molar-refractivity contribution in [3.63, 3.8) is 0 Å². The molecule has 0 bridgehead atoms. The normalized spacial score (nSPS) is 27.8. The fourth-order valence-electron chi connectivity index (χ4n) is 5.25. The quantitative estimate of drug-likeness (QED) is 0.401. The molecule has 2 unspecified atom stereocenters. The average molecular weight is 459 g/mol. The highest BCUT2D eigenvalue weighted by molar-refractivity contribution is 6.74. The van der Waals surface area contributed by atoms with Crippen LogP contribution in [0, 0.1) is 10.8 Å². The number of aromatic hydroxyl groups is 1. The van der Waals surface area contributed by atoms with Gasteiger partial charge in [0.2, 0.25) is 8.32 Å². The van der Waals surface area contributed by atoms with Gasteiger partial charge >= 0.3 is 0 Å². The lowest BCUT2D eigenvalue weighted by Crippen LogP contribution is -2.73. The molecule has 4 rings (SSSR count). The summed E-state index contributed by atoms with van der Waals surface area (Å²) in [5, 5.41) is 12.1. The maximum absolute atomic E-state index is 10.1. The average Bonchev–Trinajstić information content (AvgIpc) is 2.75. The number of hydrogen-bond donors (Lipinski definition) is 1. The first-order valence-corrected chi connectivity index (χ1v) is 14.4. The highest BCUT2D eigenvalue weighted by atomic mass is 28.4. The van der Waals surface area contributed by atoms with Crippen LogP contribution < -0.4 is 4.43 Å². The van der Waals surface area contributed by atoms with Gasteiger partial charge in [0.1, 0.15) is 11.5 Å². The van der Waals surface area contributed by atoms with E-state index in [1.165, 1.54) is 0 Å². The first-order chi connectivity index (χ1) is 14.5. The lowest BCUT2D eigenvalue weighted by Gasteiger charge is -2.61. The molecule has 2 aromatic carbocycles. The summed E-state index contributed by atoms with van der Waals surface area (Å²) in [5.74, 6) is -0.101. The van der Waals surface area contributed by atoms with Gasteiger partial charge in [-0.3, -0.25) is 0 Å². The molecule has 0 amide bonds. The molecule has 176 valence electrons.